The lowest BCUT2D eigenvalue weighted by Gasteiger charge is -2.38. The van der Waals surface area contributed by atoms with Gasteiger partial charge in [-0.05, 0) is 31.9 Å². The van der Waals surface area contributed by atoms with Crippen LogP contribution in [0.5, 0.6) is 0 Å². The predicted octanol–water partition coefficient (Wildman–Crippen LogP) is 1.08. The largest absolute Gasteiger partial charge is 0.458 e. The number of carbonyl (C=O) groups excluding carboxylic acids is 1. The van der Waals surface area contributed by atoms with Crippen LogP contribution in [0.2, 0.25) is 0 Å². The fourth-order valence-corrected chi connectivity index (χ4v) is 2.90. The molecule has 1 aromatic heterocycles. The molecule has 3 heterocycles. The van der Waals surface area contributed by atoms with Gasteiger partial charge >= 0.3 is 5.97 Å². The third-order valence-corrected chi connectivity index (χ3v) is 3.69. The second-order valence-corrected chi connectivity index (χ2v) is 5.05. The molecule has 92 valence electrons. The van der Waals surface area contributed by atoms with Crippen molar-refractivity contribution in [2.45, 2.75) is 37.8 Å². The number of piperidine rings is 1. The molecule has 0 bridgehead atoms. The number of aromatic nitrogens is 2. The van der Waals surface area contributed by atoms with Crippen LogP contribution in [-0.2, 0) is 16.1 Å². The Morgan fingerprint density at radius 1 is 1.53 bits per heavy atom. The van der Waals surface area contributed by atoms with Crippen molar-refractivity contribution < 1.29 is 9.53 Å². The molecule has 1 spiro atoms. The van der Waals surface area contributed by atoms with Crippen molar-refractivity contribution in [2.75, 3.05) is 13.1 Å². The molecule has 2 fully saturated rings. The van der Waals surface area contributed by atoms with E-state index in [2.05, 4.69) is 15.1 Å². The van der Waals surface area contributed by atoms with Gasteiger partial charge in [0.15, 0.2) is 0 Å². The molecule has 0 radical (unpaired) electrons. The Hall–Kier alpha value is -1.36. The molecule has 0 aliphatic carbocycles. The van der Waals surface area contributed by atoms with Crippen molar-refractivity contribution in [3.05, 3.63) is 18.0 Å². The van der Waals surface area contributed by atoms with Crippen LogP contribution in [0, 0.1) is 0 Å². The third-order valence-electron chi connectivity index (χ3n) is 3.69. The van der Waals surface area contributed by atoms with E-state index in [-0.39, 0.29) is 11.6 Å². The first-order chi connectivity index (χ1) is 8.26. The van der Waals surface area contributed by atoms with E-state index in [1.165, 1.54) is 0 Å². The maximum absolute atomic E-state index is 11.3. The van der Waals surface area contributed by atoms with E-state index in [1.54, 1.807) is 6.20 Å². The molecule has 5 nitrogen and oxygen atoms in total. The summed E-state index contributed by atoms with van der Waals surface area (Å²) in [6.07, 6.45) is 5.34. The van der Waals surface area contributed by atoms with E-state index in [9.17, 15) is 4.79 Å². The SMILES string of the molecule is O=C1CC[C@]2(CCCN(Cc3ccn[nH]3)C2)O1. The van der Waals surface area contributed by atoms with Gasteiger partial charge in [0, 0.05) is 31.4 Å². The third kappa shape index (κ3) is 2.20. The average molecular weight is 235 g/mol. The van der Waals surface area contributed by atoms with E-state index in [1.807, 2.05) is 6.07 Å². The number of carbonyl (C=O) groups is 1. The standard InChI is InChI=1S/C12H17N3O2/c16-11-2-5-12(17-11)4-1-7-15(9-12)8-10-3-6-13-14-10/h3,6H,1-2,4-5,7-9H2,(H,13,14)/t12-/m0/s1. The summed E-state index contributed by atoms with van der Waals surface area (Å²) in [5.74, 6) is -0.0339. The summed E-state index contributed by atoms with van der Waals surface area (Å²) in [5.41, 5.74) is 0.918. The molecule has 0 aromatic carbocycles. The summed E-state index contributed by atoms with van der Waals surface area (Å²) < 4.78 is 5.53. The highest BCUT2D eigenvalue weighted by molar-refractivity contribution is 5.72. The zero-order chi connectivity index (χ0) is 11.7. The molecule has 2 saturated heterocycles. The smallest absolute Gasteiger partial charge is 0.306 e. The van der Waals surface area contributed by atoms with Crippen LogP contribution in [-0.4, -0.2) is 39.8 Å². The first-order valence-corrected chi connectivity index (χ1v) is 6.18. The Bertz CT molecular complexity index is 404. The van der Waals surface area contributed by atoms with Crippen LogP contribution in [0.3, 0.4) is 0 Å². The molecule has 0 amide bonds. The number of aromatic amines is 1. The Kier molecular flexibility index (Phi) is 2.63. The van der Waals surface area contributed by atoms with Gasteiger partial charge in [0.2, 0.25) is 0 Å². The highest BCUT2D eigenvalue weighted by Crippen LogP contribution is 2.35. The Labute approximate surface area is 100 Å². The highest BCUT2D eigenvalue weighted by Gasteiger charge is 2.43. The lowest BCUT2D eigenvalue weighted by Crippen LogP contribution is -2.47. The molecule has 2 aliphatic heterocycles. The van der Waals surface area contributed by atoms with Gasteiger partial charge in [-0.3, -0.25) is 14.8 Å². The van der Waals surface area contributed by atoms with Gasteiger partial charge in [0.1, 0.15) is 5.60 Å². The first-order valence-electron chi connectivity index (χ1n) is 6.18. The van der Waals surface area contributed by atoms with Crippen molar-refractivity contribution >= 4 is 5.97 Å². The Morgan fingerprint density at radius 2 is 2.47 bits per heavy atom. The summed E-state index contributed by atoms with van der Waals surface area (Å²) in [7, 11) is 0. The number of nitrogens with zero attached hydrogens (tertiary/aromatic N) is 2. The zero-order valence-corrected chi connectivity index (χ0v) is 9.82. The van der Waals surface area contributed by atoms with E-state index >= 15 is 0 Å². The van der Waals surface area contributed by atoms with Crippen molar-refractivity contribution in [2.24, 2.45) is 0 Å². The number of esters is 1. The molecule has 0 unspecified atom stereocenters. The molecule has 2 aliphatic rings. The van der Waals surface area contributed by atoms with Crippen molar-refractivity contribution in [3.8, 4) is 0 Å². The maximum atomic E-state index is 11.3. The van der Waals surface area contributed by atoms with Crippen LogP contribution in [0.15, 0.2) is 12.3 Å². The van der Waals surface area contributed by atoms with Gasteiger partial charge in [-0.15, -0.1) is 0 Å². The van der Waals surface area contributed by atoms with Gasteiger partial charge in [-0.25, -0.2) is 0 Å². The molecule has 0 saturated carbocycles. The normalized spacial score (nSPS) is 29.8. The quantitative estimate of drug-likeness (QED) is 0.779. The van der Waals surface area contributed by atoms with Crippen LogP contribution in [0.25, 0.3) is 0 Å². The molecule has 17 heavy (non-hydrogen) atoms. The number of likely N-dealkylation sites (tertiary alicyclic amines) is 1. The number of hydrogen-bond acceptors (Lipinski definition) is 4. The molecule has 1 aromatic rings. The number of nitrogens with one attached hydrogen (secondary N) is 1. The molecule has 1 atom stereocenters. The minimum absolute atomic E-state index is 0.0339. The molecule has 5 heteroatoms. The Morgan fingerprint density at radius 3 is 3.18 bits per heavy atom. The van der Waals surface area contributed by atoms with Crippen LogP contribution in [0.4, 0.5) is 0 Å². The van der Waals surface area contributed by atoms with Crippen LogP contribution < -0.4 is 0 Å². The van der Waals surface area contributed by atoms with Crippen molar-refractivity contribution in [1.82, 2.24) is 15.1 Å². The molecular formula is C12H17N3O2. The second-order valence-electron chi connectivity index (χ2n) is 5.05. The molecule has 1 N–H and O–H groups in total. The minimum Gasteiger partial charge on any atom is -0.458 e. The van der Waals surface area contributed by atoms with E-state index in [0.717, 1.165) is 44.6 Å². The fourth-order valence-electron chi connectivity index (χ4n) is 2.90. The fraction of sp³-hybridized carbons (Fsp3) is 0.667. The number of ether oxygens (including phenoxy) is 1. The van der Waals surface area contributed by atoms with Gasteiger partial charge in [0.05, 0.1) is 0 Å². The number of rotatable bonds is 2. The van der Waals surface area contributed by atoms with E-state index in [0.29, 0.717) is 6.42 Å². The Balaban J connectivity index is 1.65. The highest BCUT2D eigenvalue weighted by atomic mass is 16.6. The topological polar surface area (TPSA) is 58.2 Å². The molecule has 3 rings (SSSR count). The number of H-pyrrole nitrogens is 1. The zero-order valence-electron chi connectivity index (χ0n) is 9.82. The average Bonchev–Trinajstić information content (AvgIpc) is 2.90. The van der Waals surface area contributed by atoms with E-state index < -0.39 is 0 Å². The van der Waals surface area contributed by atoms with Crippen LogP contribution >= 0.6 is 0 Å². The second kappa shape index (κ2) is 4.14. The summed E-state index contributed by atoms with van der Waals surface area (Å²) in [5, 5.41) is 6.92. The summed E-state index contributed by atoms with van der Waals surface area (Å²) in [4.78, 5) is 13.6. The van der Waals surface area contributed by atoms with Gasteiger partial charge in [-0.2, -0.15) is 5.10 Å². The minimum atomic E-state index is -0.199. The van der Waals surface area contributed by atoms with Crippen molar-refractivity contribution in [3.63, 3.8) is 0 Å². The van der Waals surface area contributed by atoms with Gasteiger partial charge in [-0.1, -0.05) is 0 Å². The summed E-state index contributed by atoms with van der Waals surface area (Å²) in [6.45, 7) is 2.79. The summed E-state index contributed by atoms with van der Waals surface area (Å²) >= 11 is 0. The summed E-state index contributed by atoms with van der Waals surface area (Å²) in [6, 6.07) is 1.99. The van der Waals surface area contributed by atoms with E-state index in [4.69, 9.17) is 4.74 Å². The van der Waals surface area contributed by atoms with Gasteiger partial charge < -0.3 is 4.74 Å². The maximum Gasteiger partial charge on any atom is 0.306 e. The lowest BCUT2D eigenvalue weighted by atomic mass is 9.90. The molecular weight excluding hydrogens is 218 g/mol. The van der Waals surface area contributed by atoms with Crippen molar-refractivity contribution in [1.29, 1.82) is 0 Å². The van der Waals surface area contributed by atoms with Crippen LogP contribution in [0.1, 0.15) is 31.4 Å². The number of hydrogen-bond donors (Lipinski definition) is 1. The monoisotopic (exact) mass is 235 g/mol. The van der Waals surface area contributed by atoms with Gasteiger partial charge in [0.25, 0.3) is 0 Å². The first kappa shape index (κ1) is 10.8. The lowest BCUT2D eigenvalue weighted by molar-refractivity contribution is -0.152. The predicted molar refractivity (Wildman–Crippen MR) is 61.2 cm³/mol.